The highest BCUT2D eigenvalue weighted by atomic mass is 32.2. The van der Waals surface area contributed by atoms with E-state index in [-0.39, 0.29) is 17.5 Å². The molecule has 1 unspecified atom stereocenters. The van der Waals surface area contributed by atoms with E-state index in [9.17, 15) is 8.42 Å². The first-order valence-corrected chi connectivity index (χ1v) is 7.74. The number of sulfonamides is 1. The average Bonchev–Trinajstić information content (AvgIpc) is 2.70. The second-order valence-corrected chi connectivity index (χ2v) is 6.02. The summed E-state index contributed by atoms with van der Waals surface area (Å²) in [5.41, 5.74) is 0. The Labute approximate surface area is 114 Å². The molecule has 0 aliphatic rings. The number of hydrogen-bond acceptors (Lipinski definition) is 5. The van der Waals surface area contributed by atoms with Crippen molar-refractivity contribution in [2.75, 3.05) is 20.2 Å². The Morgan fingerprint density at radius 3 is 2.74 bits per heavy atom. The summed E-state index contributed by atoms with van der Waals surface area (Å²) in [6.07, 6.45) is -0.163. The Morgan fingerprint density at radius 1 is 1.47 bits per heavy atom. The number of aryl methyl sites for hydroxylation is 1. The highest BCUT2D eigenvalue weighted by Gasteiger charge is 2.21. The molecule has 110 valence electrons. The van der Waals surface area contributed by atoms with Crippen LogP contribution in [0.15, 0.2) is 15.4 Å². The fourth-order valence-electron chi connectivity index (χ4n) is 1.70. The van der Waals surface area contributed by atoms with Gasteiger partial charge in [-0.2, -0.15) is 0 Å². The summed E-state index contributed by atoms with van der Waals surface area (Å²) >= 11 is 0. The van der Waals surface area contributed by atoms with E-state index in [4.69, 9.17) is 9.15 Å². The molecule has 19 heavy (non-hydrogen) atoms. The molecule has 1 heterocycles. The van der Waals surface area contributed by atoms with Gasteiger partial charge in [0.1, 0.15) is 16.4 Å². The molecule has 6 nitrogen and oxygen atoms in total. The maximum Gasteiger partial charge on any atom is 0.244 e. The average molecular weight is 290 g/mol. The van der Waals surface area contributed by atoms with Gasteiger partial charge in [0.15, 0.2) is 0 Å². The van der Waals surface area contributed by atoms with Crippen LogP contribution in [0.3, 0.4) is 0 Å². The monoisotopic (exact) mass is 290 g/mol. The summed E-state index contributed by atoms with van der Waals surface area (Å²) in [4.78, 5) is 0.182. The maximum atomic E-state index is 12.1. The van der Waals surface area contributed by atoms with Gasteiger partial charge in [-0.1, -0.05) is 0 Å². The van der Waals surface area contributed by atoms with Crippen LogP contribution in [0.25, 0.3) is 0 Å². The number of ether oxygens (including phenoxy) is 1. The van der Waals surface area contributed by atoms with Crippen LogP contribution in [0, 0.1) is 6.92 Å². The van der Waals surface area contributed by atoms with Crippen LogP contribution in [0.5, 0.6) is 0 Å². The molecule has 0 fully saturated rings. The van der Waals surface area contributed by atoms with Crippen molar-refractivity contribution in [2.24, 2.45) is 0 Å². The molecule has 0 bridgehead atoms. The van der Waals surface area contributed by atoms with Gasteiger partial charge in [0.2, 0.25) is 10.0 Å². The van der Waals surface area contributed by atoms with Crippen LogP contribution in [0.1, 0.15) is 25.4 Å². The molecule has 1 aromatic heterocycles. The SMILES string of the molecule is CCOC(C)CNS(=O)(=O)c1cc(CNC)oc1C. The molecule has 1 rings (SSSR count). The Balaban J connectivity index is 2.76. The number of rotatable bonds is 8. The molecule has 7 heteroatoms. The van der Waals surface area contributed by atoms with E-state index in [0.29, 0.717) is 24.7 Å². The second-order valence-electron chi connectivity index (χ2n) is 4.28. The van der Waals surface area contributed by atoms with Crippen molar-refractivity contribution in [3.8, 4) is 0 Å². The molecule has 0 aliphatic carbocycles. The fraction of sp³-hybridized carbons (Fsp3) is 0.667. The normalized spacial score (nSPS) is 13.7. The van der Waals surface area contributed by atoms with Crippen molar-refractivity contribution in [2.45, 2.75) is 38.3 Å². The van der Waals surface area contributed by atoms with Gasteiger partial charge in [-0.25, -0.2) is 13.1 Å². The number of furan rings is 1. The van der Waals surface area contributed by atoms with Gasteiger partial charge in [-0.15, -0.1) is 0 Å². The third kappa shape index (κ3) is 4.61. The van der Waals surface area contributed by atoms with Gasteiger partial charge in [-0.3, -0.25) is 0 Å². The summed E-state index contributed by atoms with van der Waals surface area (Å²) < 4.78 is 37.5. The van der Waals surface area contributed by atoms with E-state index in [2.05, 4.69) is 10.0 Å². The minimum Gasteiger partial charge on any atom is -0.464 e. The third-order valence-electron chi connectivity index (χ3n) is 2.58. The van der Waals surface area contributed by atoms with Crippen LogP contribution >= 0.6 is 0 Å². The molecule has 1 aromatic rings. The lowest BCUT2D eigenvalue weighted by molar-refractivity contribution is 0.0799. The third-order valence-corrected chi connectivity index (χ3v) is 4.11. The fourth-order valence-corrected chi connectivity index (χ4v) is 3.02. The molecule has 2 N–H and O–H groups in total. The second kappa shape index (κ2) is 7.04. The van der Waals surface area contributed by atoms with E-state index in [1.54, 1.807) is 20.0 Å². The van der Waals surface area contributed by atoms with Gasteiger partial charge in [0.05, 0.1) is 12.6 Å². The van der Waals surface area contributed by atoms with E-state index < -0.39 is 10.0 Å². The summed E-state index contributed by atoms with van der Waals surface area (Å²) in [5, 5.41) is 2.91. The number of nitrogens with one attached hydrogen (secondary N) is 2. The highest BCUT2D eigenvalue weighted by molar-refractivity contribution is 7.89. The zero-order valence-corrected chi connectivity index (χ0v) is 12.6. The molecule has 1 atom stereocenters. The Bertz CT molecular complexity index is 496. The van der Waals surface area contributed by atoms with Gasteiger partial charge in [0, 0.05) is 19.2 Å². The van der Waals surface area contributed by atoms with Gasteiger partial charge < -0.3 is 14.5 Å². The van der Waals surface area contributed by atoms with Crippen molar-refractivity contribution in [1.82, 2.24) is 10.0 Å². The minimum atomic E-state index is -3.55. The molecule has 0 aliphatic heterocycles. The molecule has 0 amide bonds. The molecule has 0 aromatic carbocycles. The van der Waals surface area contributed by atoms with E-state index in [1.165, 1.54) is 0 Å². The first kappa shape index (κ1) is 16.2. The van der Waals surface area contributed by atoms with Crippen molar-refractivity contribution in [3.63, 3.8) is 0 Å². The van der Waals surface area contributed by atoms with E-state index in [1.807, 2.05) is 13.8 Å². The summed E-state index contributed by atoms with van der Waals surface area (Å²) in [6, 6.07) is 1.54. The predicted molar refractivity (Wildman–Crippen MR) is 72.5 cm³/mol. The first-order valence-electron chi connectivity index (χ1n) is 6.25. The predicted octanol–water partition coefficient (Wildman–Crippen LogP) is 1.01. The highest BCUT2D eigenvalue weighted by Crippen LogP contribution is 2.19. The molecule has 0 radical (unpaired) electrons. The lowest BCUT2D eigenvalue weighted by atomic mass is 10.4. The smallest absolute Gasteiger partial charge is 0.244 e. The van der Waals surface area contributed by atoms with Crippen LogP contribution in [0.2, 0.25) is 0 Å². The van der Waals surface area contributed by atoms with Crippen molar-refractivity contribution in [1.29, 1.82) is 0 Å². The van der Waals surface area contributed by atoms with Crippen molar-refractivity contribution < 1.29 is 17.6 Å². The molecule has 0 saturated heterocycles. The zero-order valence-electron chi connectivity index (χ0n) is 11.8. The van der Waals surface area contributed by atoms with Crippen LogP contribution in [-0.2, 0) is 21.3 Å². The van der Waals surface area contributed by atoms with Gasteiger partial charge in [0.25, 0.3) is 0 Å². The molecule has 0 spiro atoms. The minimum absolute atomic E-state index is 0.163. The molecular formula is C12H22N2O4S. The van der Waals surface area contributed by atoms with Crippen LogP contribution in [-0.4, -0.2) is 34.7 Å². The Hall–Kier alpha value is -0.890. The van der Waals surface area contributed by atoms with E-state index >= 15 is 0 Å². The lowest BCUT2D eigenvalue weighted by Crippen LogP contribution is -2.32. The lowest BCUT2D eigenvalue weighted by Gasteiger charge is -2.12. The Kier molecular flexibility index (Phi) is 5.99. The molecular weight excluding hydrogens is 268 g/mol. The Morgan fingerprint density at radius 2 is 2.16 bits per heavy atom. The first-order chi connectivity index (χ1) is 8.90. The van der Waals surface area contributed by atoms with Crippen LogP contribution in [0.4, 0.5) is 0 Å². The maximum absolute atomic E-state index is 12.1. The zero-order chi connectivity index (χ0) is 14.5. The standard InChI is InChI=1S/C12H22N2O4S/c1-5-17-9(2)7-14-19(15,16)12-6-11(8-13-4)18-10(12)3/h6,9,13-14H,5,7-8H2,1-4H3. The van der Waals surface area contributed by atoms with Crippen molar-refractivity contribution >= 4 is 10.0 Å². The van der Waals surface area contributed by atoms with Gasteiger partial charge in [-0.05, 0) is 27.8 Å². The molecule has 0 saturated carbocycles. The number of hydrogen-bond donors (Lipinski definition) is 2. The quantitative estimate of drug-likeness (QED) is 0.747. The van der Waals surface area contributed by atoms with Crippen molar-refractivity contribution in [3.05, 3.63) is 17.6 Å². The van der Waals surface area contributed by atoms with Gasteiger partial charge >= 0.3 is 0 Å². The summed E-state index contributed by atoms with van der Waals surface area (Å²) in [6.45, 7) is 6.61. The summed E-state index contributed by atoms with van der Waals surface area (Å²) in [5.74, 6) is 0.986. The van der Waals surface area contributed by atoms with E-state index in [0.717, 1.165) is 0 Å². The summed E-state index contributed by atoms with van der Waals surface area (Å²) in [7, 11) is -1.78. The topological polar surface area (TPSA) is 80.6 Å². The van der Waals surface area contributed by atoms with Crippen LogP contribution < -0.4 is 10.0 Å². The largest absolute Gasteiger partial charge is 0.464 e.